The molecule has 2 aliphatic rings. The second-order valence-corrected chi connectivity index (χ2v) is 8.07. The highest BCUT2D eigenvalue weighted by Gasteiger charge is 2.22. The standard InChI is InChI=1S/C22H34N4O3.HI/c1-5-28-19-11-16-10-15(2)29-20(16)12-17(19)13-23-22(24-14-21(27)26(3)4)25-18-8-6-7-9-18;/h11-12,15,18H,5-10,13-14H2,1-4H3,(H2,23,24,25);1H. The van der Waals surface area contributed by atoms with Crippen molar-refractivity contribution < 1.29 is 14.3 Å². The van der Waals surface area contributed by atoms with E-state index in [2.05, 4.69) is 23.6 Å². The number of nitrogens with one attached hydrogen (secondary N) is 2. The maximum Gasteiger partial charge on any atom is 0.241 e. The van der Waals surface area contributed by atoms with Crippen molar-refractivity contribution in [3.8, 4) is 11.5 Å². The van der Waals surface area contributed by atoms with Gasteiger partial charge in [-0.3, -0.25) is 4.79 Å². The van der Waals surface area contributed by atoms with Crippen LogP contribution in [0.1, 0.15) is 50.7 Å². The summed E-state index contributed by atoms with van der Waals surface area (Å²) in [6.07, 6.45) is 5.83. The molecule has 1 aromatic rings. The fourth-order valence-electron chi connectivity index (χ4n) is 3.79. The highest BCUT2D eigenvalue weighted by molar-refractivity contribution is 14.0. The summed E-state index contributed by atoms with van der Waals surface area (Å²) in [5.41, 5.74) is 2.18. The molecule has 0 radical (unpaired) electrons. The lowest BCUT2D eigenvalue weighted by Crippen LogP contribution is -2.46. The van der Waals surface area contributed by atoms with Crippen LogP contribution < -0.4 is 20.1 Å². The van der Waals surface area contributed by atoms with E-state index in [9.17, 15) is 4.79 Å². The molecule has 1 saturated carbocycles. The predicted octanol–water partition coefficient (Wildman–Crippen LogP) is 3.09. The number of likely N-dealkylation sites (N-methyl/N-ethyl adjacent to an activating group) is 1. The van der Waals surface area contributed by atoms with Gasteiger partial charge in [0.15, 0.2) is 5.96 Å². The van der Waals surface area contributed by atoms with Crippen LogP contribution in [-0.4, -0.2) is 56.2 Å². The van der Waals surface area contributed by atoms with Gasteiger partial charge >= 0.3 is 0 Å². The molecule has 1 aliphatic heterocycles. The number of carbonyl (C=O) groups excluding carboxylic acids is 1. The number of nitrogens with zero attached hydrogens (tertiary/aromatic N) is 2. The molecule has 1 atom stereocenters. The van der Waals surface area contributed by atoms with Crippen molar-refractivity contribution in [1.82, 2.24) is 15.5 Å². The lowest BCUT2D eigenvalue weighted by atomic mass is 10.1. The first-order valence-electron chi connectivity index (χ1n) is 10.7. The Balaban J connectivity index is 0.00000320. The first-order chi connectivity index (χ1) is 14.0. The van der Waals surface area contributed by atoms with Gasteiger partial charge in [-0.15, -0.1) is 24.0 Å². The van der Waals surface area contributed by atoms with Crippen LogP contribution in [0.2, 0.25) is 0 Å². The fraction of sp³-hybridized carbons (Fsp3) is 0.636. The van der Waals surface area contributed by atoms with Gasteiger partial charge in [0.25, 0.3) is 0 Å². The van der Waals surface area contributed by atoms with E-state index in [1.807, 2.05) is 13.0 Å². The summed E-state index contributed by atoms with van der Waals surface area (Å²) in [5, 5.41) is 6.67. The summed E-state index contributed by atoms with van der Waals surface area (Å²) in [6, 6.07) is 4.54. The molecule has 1 unspecified atom stereocenters. The van der Waals surface area contributed by atoms with E-state index in [-0.39, 0.29) is 42.5 Å². The van der Waals surface area contributed by atoms with Crippen LogP contribution in [0.4, 0.5) is 0 Å². The van der Waals surface area contributed by atoms with Crippen molar-refractivity contribution in [3.63, 3.8) is 0 Å². The summed E-state index contributed by atoms with van der Waals surface area (Å²) >= 11 is 0. The maximum absolute atomic E-state index is 12.0. The van der Waals surface area contributed by atoms with Crippen molar-refractivity contribution in [2.24, 2.45) is 4.99 Å². The number of hydrogen-bond donors (Lipinski definition) is 2. The summed E-state index contributed by atoms with van der Waals surface area (Å²) in [6.45, 7) is 5.34. The van der Waals surface area contributed by atoms with Crippen molar-refractivity contribution in [3.05, 3.63) is 23.3 Å². The van der Waals surface area contributed by atoms with E-state index < -0.39 is 0 Å². The number of halogens is 1. The molecule has 0 saturated heterocycles. The molecule has 1 aromatic carbocycles. The van der Waals surface area contributed by atoms with Gasteiger partial charge in [0.2, 0.25) is 5.91 Å². The van der Waals surface area contributed by atoms with Crippen LogP contribution in [0.25, 0.3) is 0 Å². The monoisotopic (exact) mass is 530 g/mol. The SMILES string of the molecule is CCOc1cc2c(cc1CN=C(NCC(=O)N(C)C)NC1CCCC1)OC(C)C2.I. The van der Waals surface area contributed by atoms with Gasteiger partial charge in [0.05, 0.1) is 19.7 Å². The van der Waals surface area contributed by atoms with Gasteiger partial charge in [-0.25, -0.2) is 4.99 Å². The second kappa shape index (κ2) is 11.6. The lowest BCUT2D eigenvalue weighted by molar-refractivity contribution is -0.127. The van der Waals surface area contributed by atoms with E-state index in [1.165, 1.54) is 18.4 Å². The number of fused-ring (bicyclic) bond motifs is 1. The molecule has 7 nitrogen and oxygen atoms in total. The number of ether oxygens (including phenoxy) is 2. The topological polar surface area (TPSA) is 75.2 Å². The van der Waals surface area contributed by atoms with Gasteiger partial charge in [-0.05, 0) is 38.8 Å². The summed E-state index contributed by atoms with van der Waals surface area (Å²) < 4.78 is 11.8. The zero-order valence-electron chi connectivity index (χ0n) is 18.5. The summed E-state index contributed by atoms with van der Waals surface area (Å²) in [4.78, 5) is 18.3. The molecule has 0 aromatic heterocycles. The van der Waals surface area contributed by atoms with Crippen LogP contribution in [0.15, 0.2) is 17.1 Å². The zero-order chi connectivity index (χ0) is 20.8. The Kier molecular flexibility index (Phi) is 9.51. The number of rotatable bonds is 7. The highest BCUT2D eigenvalue weighted by Crippen LogP contribution is 2.35. The molecular formula is C22H35IN4O3. The first-order valence-corrected chi connectivity index (χ1v) is 10.7. The smallest absolute Gasteiger partial charge is 0.241 e. The van der Waals surface area contributed by atoms with Crippen LogP contribution >= 0.6 is 24.0 Å². The number of hydrogen-bond acceptors (Lipinski definition) is 4. The molecule has 0 spiro atoms. The van der Waals surface area contributed by atoms with Crippen molar-refractivity contribution in [1.29, 1.82) is 0 Å². The van der Waals surface area contributed by atoms with E-state index in [1.54, 1.807) is 19.0 Å². The molecule has 1 fully saturated rings. The quantitative estimate of drug-likeness (QED) is 0.322. The third-order valence-electron chi connectivity index (χ3n) is 5.39. The van der Waals surface area contributed by atoms with Crippen LogP contribution in [0, 0.1) is 0 Å². The number of carbonyl (C=O) groups is 1. The van der Waals surface area contributed by atoms with Gasteiger partial charge in [0, 0.05) is 37.7 Å². The highest BCUT2D eigenvalue weighted by atomic mass is 127. The predicted molar refractivity (Wildman–Crippen MR) is 130 cm³/mol. The largest absolute Gasteiger partial charge is 0.494 e. The molecule has 0 bridgehead atoms. The third kappa shape index (κ3) is 6.65. The van der Waals surface area contributed by atoms with Gasteiger partial charge in [0.1, 0.15) is 17.6 Å². The Hall–Kier alpha value is -1.71. The van der Waals surface area contributed by atoms with Crippen LogP contribution in [0.3, 0.4) is 0 Å². The van der Waals surface area contributed by atoms with Crippen molar-refractivity contribution in [2.45, 2.75) is 64.6 Å². The normalized spacial score (nSPS) is 18.3. The number of aliphatic imine (C=N–C) groups is 1. The van der Waals surface area contributed by atoms with E-state index in [0.717, 1.165) is 36.3 Å². The van der Waals surface area contributed by atoms with E-state index in [4.69, 9.17) is 14.5 Å². The Morgan fingerprint density at radius 3 is 2.70 bits per heavy atom. The molecule has 8 heteroatoms. The number of amides is 1. The molecule has 168 valence electrons. The zero-order valence-corrected chi connectivity index (χ0v) is 20.8. The minimum absolute atomic E-state index is 0. The molecule has 1 amide bonds. The number of benzene rings is 1. The average Bonchev–Trinajstić information content (AvgIpc) is 3.31. The minimum atomic E-state index is 0. The molecule has 3 rings (SSSR count). The molecule has 2 N–H and O–H groups in total. The second-order valence-electron chi connectivity index (χ2n) is 8.07. The molecule has 30 heavy (non-hydrogen) atoms. The van der Waals surface area contributed by atoms with Crippen molar-refractivity contribution >= 4 is 35.8 Å². The number of guanidine groups is 1. The fourth-order valence-corrected chi connectivity index (χ4v) is 3.79. The third-order valence-corrected chi connectivity index (χ3v) is 5.39. The summed E-state index contributed by atoms with van der Waals surface area (Å²) in [7, 11) is 3.51. The van der Waals surface area contributed by atoms with E-state index >= 15 is 0 Å². The Morgan fingerprint density at radius 2 is 2.03 bits per heavy atom. The molecule has 1 heterocycles. The lowest BCUT2D eigenvalue weighted by Gasteiger charge is -2.19. The van der Waals surface area contributed by atoms with Gasteiger partial charge < -0.3 is 25.0 Å². The Morgan fingerprint density at radius 1 is 1.30 bits per heavy atom. The molecular weight excluding hydrogens is 495 g/mol. The average molecular weight is 530 g/mol. The maximum atomic E-state index is 12.0. The minimum Gasteiger partial charge on any atom is -0.494 e. The van der Waals surface area contributed by atoms with E-state index in [0.29, 0.717) is 25.2 Å². The van der Waals surface area contributed by atoms with Crippen LogP contribution in [-0.2, 0) is 17.8 Å². The van der Waals surface area contributed by atoms with Crippen LogP contribution in [0.5, 0.6) is 11.5 Å². The van der Waals surface area contributed by atoms with Gasteiger partial charge in [-0.2, -0.15) is 0 Å². The summed E-state index contributed by atoms with van der Waals surface area (Å²) in [5.74, 6) is 2.47. The Labute approximate surface area is 197 Å². The van der Waals surface area contributed by atoms with Crippen molar-refractivity contribution in [2.75, 3.05) is 27.2 Å². The Bertz CT molecular complexity index is 748. The van der Waals surface area contributed by atoms with Gasteiger partial charge in [-0.1, -0.05) is 12.8 Å². The molecule has 1 aliphatic carbocycles. The first kappa shape index (κ1) is 24.6.